The number of benzene rings is 1. The van der Waals surface area contributed by atoms with Gasteiger partial charge >= 0.3 is 0 Å². The molecule has 0 radical (unpaired) electrons. The van der Waals surface area contributed by atoms with E-state index in [-0.39, 0.29) is 5.56 Å². The molecule has 17 heavy (non-hydrogen) atoms. The molecule has 6 heteroatoms. The predicted molar refractivity (Wildman–Crippen MR) is 76.8 cm³/mol. The number of aromatic amines is 1. The smallest absolute Gasteiger partial charge is 0.264 e. The van der Waals surface area contributed by atoms with Crippen LogP contribution in [0.3, 0.4) is 0 Å². The largest absolute Gasteiger partial charge is 0.309 e. The first-order valence-corrected chi connectivity index (χ1v) is 6.58. The highest BCUT2D eigenvalue weighted by molar-refractivity contribution is 14.1. The molecule has 2 aromatic rings. The van der Waals surface area contributed by atoms with Crippen LogP contribution in [-0.4, -0.2) is 9.97 Å². The van der Waals surface area contributed by atoms with Gasteiger partial charge in [0.05, 0.1) is 3.57 Å². The van der Waals surface area contributed by atoms with Crippen LogP contribution in [0.15, 0.2) is 29.2 Å². The first-order chi connectivity index (χ1) is 8.08. The Morgan fingerprint density at radius 1 is 1.29 bits per heavy atom. The minimum absolute atomic E-state index is 0.154. The molecular weight excluding hydrogens is 374 g/mol. The highest BCUT2D eigenvalue weighted by Crippen LogP contribution is 2.25. The summed E-state index contributed by atoms with van der Waals surface area (Å²) in [5.41, 5.74) is 0.610. The Morgan fingerprint density at radius 2 is 1.94 bits per heavy atom. The van der Waals surface area contributed by atoms with Gasteiger partial charge in [0, 0.05) is 22.7 Å². The van der Waals surface area contributed by atoms with Crippen molar-refractivity contribution in [2.75, 3.05) is 0 Å². The first-order valence-electron chi connectivity index (χ1n) is 4.74. The lowest BCUT2D eigenvalue weighted by atomic mass is 10.1. The van der Waals surface area contributed by atoms with E-state index in [1.807, 2.05) is 22.6 Å². The fraction of sp³-hybridized carbons (Fsp3) is 0.0909. The lowest BCUT2D eigenvalue weighted by Crippen LogP contribution is -2.14. The van der Waals surface area contributed by atoms with Crippen molar-refractivity contribution in [1.29, 1.82) is 0 Å². The van der Waals surface area contributed by atoms with Crippen LogP contribution in [0, 0.1) is 3.57 Å². The second-order valence-electron chi connectivity index (χ2n) is 3.38. The Labute approximate surface area is 121 Å². The molecular formula is C11H7Cl2IN2O. The van der Waals surface area contributed by atoms with E-state index in [9.17, 15) is 4.79 Å². The number of H-pyrrole nitrogens is 1. The van der Waals surface area contributed by atoms with Gasteiger partial charge in [0.2, 0.25) is 0 Å². The normalized spacial score (nSPS) is 10.5. The molecule has 1 aromatic heterocycles. The van der Waals surface area contributed by atoms with E-state index < -0.39 is 0 Å². The van der Waals surface area contributed by atoms with Gasteiger partial charge < -0.3 is 4.98 Å². The third-order valence-corrected chi connectivity index (χ3v) is 3.69. The van der Waals surface area contributed by atoms with E-state index in [0.29, 0.717) is 25.9 Å². The van der Waals surface area contributed by atoms with Crippen molar-refractivity contribution in [2.45, 2.75) is 6.42 Å². The molecule has 3 nitrogen and oxygen atoms in total. The second-order valence-corrected chi connectivity index (χ2v) is 5.36. The van der Waals surface area contributed by atoms with Crippen molar-refractivity contribution in [3.8, 4) is 0 Å². The molecule has 1 aromatic carbocycles. The van der Waals surface area contributed by atoms with Gasteiger partial charge in [0.1, 0.15) is 5.82 Å². The van der Waals surface area contributed by atoms with Gasteiger partial charge in [-0.1, -0.05) is 29.3 Å². The van der Waals surface area contributed by atoms with Crippen molar-refractivity contribution >= 4 is 45.8 Å². The molecule has 0 amide bonds. The Morgan fingerprint density at radius 3 is 2.53 bits per heavy atom. The van der Waals surface area contributed by atoms with Crippen LogP contribution in [0.4, 0.5) is 0 Å². The molecule has 0 aliphatic carbocycles. The monoisotopic (exact) mass is 380 g/mol. The van der Waals surface area contributed by atoms with Crippen LogP contribution in [0.25, 0.3) is 0 Å². The van der Waals surface area contributed by atoms with Crippen LogP contribution in [0.5, 0.6) is 0 Å². The standard InChI is InChI=1S/C11H7Cl2IN2O/c12-7-2-1-3-8(13)6(7)4-10-15-5-9(14)11(17)16-10/h1-3,5H,4H2,(H,15,16,17). The molecule has 0 unspecified atom stereocenters. The first kappa shape index (κ1) is 12.9. The minimum Gasteiger partial charge on any atom is -0.309 e. The summed E-state index contributed by atoms with van der Waals surface area (Å²) >= 11 is 14.0. The van der Waals surface area contributed by atoms with Crippen LogP contribution < -0.4 is 5.56 Å². The van der Waals surface area contributed by atoms with E-state index in [0.717, 1.165) is 5.56 Å². The summed E-state index contributed by atoms with van der Waals surface area (Å²) in [5.74, 6) is 0.547. The summed E-state index contributed by atoms with van der Waals surface area (Å²) < 4.78 is 0.552. The molecule has 0 aliphatic heterocycles. The van der Waals surface area contributed by atoms with Gasteiger partial charge in [-0.3, -0.25) is 4.79 Å². The zero-order valence-electron chi connectivity index (χ0n) is 8.51. The van der Waals surface area contributed by atoms with E-state index in [1.165, 1.54) is 6.20 Å². The molecule has 0 saturated heterocycles. The fourth-order valence-electron chi connectivity index (χ4n) is 1.37. The number of hydrogen-bond acceptors (Lipinski definition) is 2. The Bertz CT molecular complexity index is 592. The summed E-state index contributed by atoms with van der Waals surface area (Å²) in [4.78, 5) is 18.3. The number of halogens is 3. The molecule has 0 saturated carbocycles. The summed E-state index contributed by atoms with van der Waals surface area (Å²) in [6.45, 7) is 0. The number of aromatic nitrogens is 2. The molecule has 0 bridgehead atoms. The summed E-state index contributed by atoms with van der Waals surface area (Å²) in [6.07, 6.45) is 1.93. The molecule has 2 rings (SSSR count). The zero-order chi connectivity index (χ0) is 12.4. The summed E-state index contributed by atoms with van der Waals surface area (Å²) in [7, 11) is 0. The minimum atomic E-state index is -0.154. The maximum atomic E-state index is 11.4. The highest BCUT2D eigenvalue weighted by Gasteiger charge is 2.08. The molecule has 0 atom stereocenters. The van der Waals surface area contributed by atoms with Crippen LogP contribution in [-0.2, 0) is 6.42 Å². The summed E-state index contributed by atoms with van der Waals surface area (Å²) in [6, 6.07) is 5.29. The Balaban J connectivity index is 2.38. The van der Waals surface area contributed by atoms with Gasteiger partial charge in [0.15, 0.2) is 0 Å². The van der Waals surface area contributed by atoms with Crippen LogP contribution in [0.1, 0.15) is 11.4 Å². The lowest BCUT2D eigenvalue weighted by molar-refractivity contribution is 0.937. The third-order valence-electron chi connectivity index (χ3n) is 2.21. The molecule has 0 aliphatic rings. The Hall–Kier alpha value is -0.590. The van der Waals surface area contributed by atoms with Crippen molar-refractivity contribution in [2.24, 2.45) is 0 Å². The van der Waals surface area contributed by atoms with Gasteiger partial charge in [-0.2, -0.15) is 0 Å². The lowest BCUT2D eigenvalue weighted by Gasteiger charge is -2.06. The van der Waals surface area contributed by atoms with E-state index in [1.54, 1.807) is 18.2 Å². The maximum Gasteiger partial charge on any atom is 0.264 e. The van der Waals surface area contributed by atoms with Gasteiger partial charge in [-0.25, -0.2) is 4.98 Å². The number of rotatable bonds is 2. The number of nitrogens with zero attached hydrogens (tertiary/aromatic N) is 1. The molecule has 0 fully saturated rings. The average Bonchev–Trinajstić information content (AvgIpc) is 2.28. The highest BCUT2D eigenvalue weighted by atomic mass is 127. The van der Waals surface area contributed by atoms with E-state index >= 15 is 0 Å². The molecule has 0 spiro atoms. The second kappa shape index (κ2) is 5.37. The number of nitrogens with one attached hydrogen (secondary N) is 1. The fourth-order valence-corrected chi connectivity index (χ4v) is 2.18. The number of hydrogen-bond donors (Lipinski definition) is 1. The van der Waals surface area contributed by atoms with Crippen molar-refractivity contribution in [1.82, 2.24) is 9.97 Å². The topological polar surface area (TPSA) is 45.8 Å². The van der Waals surface area contributed by atoms with Gasteiger partial charge in [-0.05, 0) is 40.3 Å². The maximum absolute atomic E-state index is 11.4. The van der Waals surface area contributed by atoms with Crippen LogP contribution in [0.2, 0.25) is 10.0 Å². The van der Waals surface area contributed by atoms with E-state index in [2.05, 4.69) is 9.97 Å². The van der Waals surface area contributed by atoms with Crippen molar-refractivity contribution in [3.63, 3.8) is 0 Å². The molecule has 88 valence electrons. The average molecular weight is 381 g/mol. The van der Waals surface area contributed by atoms with Crippen LogP contribution >= 0.6 is 45.8 Å². The third kappa shape index (κ3) is 3.00. The molecule has 1 N–H and O–H groups in total. The van der Waals surface area contributed by atoms with Crippen molar-refractivity contribution < 1.29 is 0 Å². The quantitative estimate of drug-likeness (QED) is 0.812. The SMILES string of the molecule is O=c1[nH]c(Cc2c(Cl)cccc2Cl)ncc1I. The van der Waals surface area contributed by atoms with Gasteiger partial charge in [0.25, 0.3) is 5.56 Å². The molecule has 1 heterocycles. The Kier molecular flexibility index (Phi) is 4.06. The van der Waals surface area contributed by atoms with Crippen molar-refractivity contribution in [3.05, 3.63) is 59.8 Å². The predicted octanol–water partition coefficient (Wildman–Crippen LogP) is 3.27. The summed E-state index contributed by atoms with van der Waals surface area (Å²) in [5, 5.41) is 1.14. The van der Waals surface area contributed by atoms with E-state index in [4.69, 9.17) is 23.2 Å². The zero-order valence-corrected chi connectivity index (χ0v) is 12.2. The van der Waals surface area contributed by atoms with Gasteiger partial charge in [-0.15, -0.1) is 0 Å².